The molecular weight excluding hydrogens is 222 g/mol. The molecule has 0 aliphatic heterocycles. The van der Waals surface area contributed by atoms with E-state index in [0.29, 0.717) is 6.04 Å². The van der Waals surface area contributed by atoms with E-state index in [1.54, 1.807) is 0 Å². The van der Waals surface area contributed by atoms with Gasteiger partial charge in [0.2, 0.25) is 0 Å². The van der Waals surface area contributed by atoms with Gasteiger partial charge < -0.3 is 10.1 Å². The highest BCUT2D eigenvalue weighted by Gasteiger charge is 2.24. The summed E-state index contributed by atoms with van der Waals surface area (Å²) in [5.41, 5.74) is 0. The minimum absolute atomic E-state index is 0.603. The Bertz CT molecular complexity index is 188. The first-order valence-corrected chi connectivity index (χ1v) is 8.05. The maximum atomic E-state index is 5.89. The van der Waals surface area contributed by atoms with Crippen LogP contribution in [0.5, 0.6) is 0 Å². The average Bonchev–Trinajstić information content (AvgIpc) is 2.86. The largest absolute Gasteiger partial charge is 0.380 e. The molecule has 0 spiro atoms. The SMILES string of the molecule is CCCNC(COCCCC(C)C)C1CCCC1. The predicted octanol–water partition coefficient (Wildman–Crippen LogP) is 4.00. The predicted molar refractivity (Wildman–Crippen MR) is 78.9 cm³/mol. The van der Waals surface area contributed by atoms with Crippen molar-refractivity contribution in [2.75, 3.05) is 19.8 Å². The molecule has 1 fully saturated rings. The molecule has 1 unspecified atom stereocenters. The summed E-state index contributed by atoms with van der Waals surface area (Å²) in [6.45, 7) is 9.80. The Hall–Kier alpha value is -0.0800. The monoisotopic (exact) mass is 255 g/mol. The van der Waals surface area contributed by atoms with Gasteiger partial charge in [-0.25, -0.2) is 0 Å². The smallest absolute Gasteiger partial charge is 0.0622 e. The van der Waals surface area contributed by atoms with Crippen molar-refractivity contribution in [1.29, 1.82) is 0 Å². The molecule has 18 heavy (non-hydrogen) atoms. The third kappa shape index (κ3) is 6.75. The molecule has 108 valence electrons. The summed E-state index contributed by atoms with van der Waals surface area (Å²) in [6, 6.07) is 0.603. The molecule has 0 aromatic heterocycles. The summed E-state index contributed by atoms with van der Waals surface area (Å²) >= 11 is 0. The van der Waals surface area contributed by atoms with Crippen LogP contribution in [0.2, 0.25) is 0 Å². The highest BCUT2D eigenvalue weighted by atomic mass is 16.5. The Labute approximate surface area is 114 Å². The Morgan fingerprint density at radius 2 is 1.94 bits per heavy atom. The van der Waals surface area contributed by atoms with Gasteiger partial charge in [-0.05, 0) is 50.5 Å². The van der Waals surface area contributed by atoms with Crippen LogP contribution in [-0.2, 0) is 4.74 Å². The Kier molecular flexibility index (Phi) is 8.70. The first-order valence-electron chi connectivity index (χ1n) is 8.05. The van der Waals surface area contributed by atoms with Crippen molar-refractivity contribution in [3.05, 3.63) is 0 Å². The lowest BCUT2D eigenvalue weighted by molar-refractivity contribution is 0.0892. The van der Waals surface area contributed by atoms with Gasteiger partial charge in [0.15, 0.2) is 0 Å². The van der Waals surface area contributed by atoms with Crippen LogP contribution in [0.1, 0.15) is 65.7 Å². The second kappa shape index (κ2) is 9.80. The van der Waals surface area contributed by atoms with E-state index in [4.69, 9.17) is 4.74 Å². The van der Waals surface area contributed by atoms with Crippen molar-refractivity contribution in [2.45, 2.75) is 71.8 Å². The molecular formula is C16H33NO. The number of hydrogen-bond donors (Lipinski definition) is 1. The Morgan fingerprint density at radius 1 is 1.22 bits per heavy atom. The molecule has 0 aromatic rings. The molecule has 2 heteroatoms. The second-order valence-electron chi connectivity index (χ2n) is 6.22. The van der Waals surface area contributed by atoms with E-state index in [-0.39, 0.29) is 0 Å². The van der Waals surface area contributed by atoms with E-state index in [1.807, 2.05) is 0 Å². The maximum Gasteiger partial charge on any atom is 0.0622 e. The van der Waals surface area contributed by atoms with Crippen LogP contribution in [0, 0.1) is 11.8 Å². The lowest BCUT2D eigenvalue weighted by atomic mass is 9.98. The number of nitrogens with one attached hydrogen (secondary N) is 1. The molecule has 1 saturated carbocycles. The number of hydrogen-bond acceptors (Lipinski definition) is 2. The molecule has 0 bridgehead atoms. The lowest BCUT2D eigenvalue weighted by Gasteiger charge is -2.24. The van der Waals surface area contributed by atoms with Crippen LogP contribution in [0.3, 0.4) is 0 Å². The van der Waals surface area contributed by atoms with Gasteiger partial charge in [-0.3, -0.25) is 0 Å². The fraction of sp³-hybridized carbons (Fsp3) is 1.00. The Balaban J connectivity index is 2.14. The van der Waals surface area contributed by atoms with E-state index in [2.05, 4.69) is 26.1 Å². The molecule has 2 nitrogen and oxygen atoms in total. The van der Waals surface area contributed by atoms with E-state index in [9.17, 15) is 0 Å². The van der Waals surface area contributed by atoms with Crippen LogP contribution < -0.4 is 5.32 Å². The van der Waals surface area contributed by atoms with Crippen LogP contribution in [0.15, 0.2) is 0 Å². The molecule has 0 saturated heterocycles. The first kappa shape index (κ1) is 16.0. The van der Waals surface area contributed by atoms with E-state index in [1.165, 1.54) is 44.9 Å². The third-order valence-corrected chi connectivity index (χ3v) is 3.99. The zero-order valence-electron chi connectivity index (χ0n) is 12.7. The van der Waals surface area contributed by atoms with Gasteiger partial charge in [0.25, 0.3) is 0 Å². The summed E-state index contributed by atoms with van der Waals surface area (Å²) in [5, 5.41) is 3.69. The van der Waals surface area contributed by atoms with Gasteiger partial charge in [0, 0.05) is 12.6 Å². The minimum Gasteiger partial charge on any atom is -0.380 e. The van der Waals surface area contributed by atoms with Crippen molar-refractivity contribution >= 4 is 0 Å². The van der Waals surface area contributed by atoms with Gasteiger partial charge in [-0.1, -0.05) is 33.6 Å². The van der Waals surface area contributed by atoms with Gasteiger partial charge in [0.05, 0.1) is 6.61 Å². The molecule has 1 N–H and O–H groups in total. The summed E-state index contributed by atoms with van der Waals surface area (Å²) in [4.78, 5) is 0. The van der Waals surface area contributed by atoms with E-state index < -0.39 is 0 Å². The quantitative estimate of drug-likeness (QED) is 0.596. The summed E-state index contributed by atoms with van der Waals surface area (Å²) in [6.07, 6.45) is 9.36. The molecule has 1 aliphatic carbocycles. The summed E-state index contributed by atoms with van der Waals surface area (Å²) in [7, 11) is 0. The van der Waals surface area contributed by atoms with Gasteiger partial charge in [-0.2, -0.15) is 0 Å². The average molecular weight is 255 g/mol. The fourth-order valence-corrected chi connectivity index (χ4v) is 2.86. The zero-order chi connectivity index (χ0) is 13.2. The normalized spacial score (nSPS) is 18.7. The molecule has 0 heterocycles. The standard InChI is InChI=1S/C16H33NO/c1-4-11-17-16(15-9-5-6-10-15)13-18-12-7-8-14(2)3/h14-17H,4-13H2,1-3H3. The third-order valence-electron chi connectivity index (χ3n) is 3.99. The Morgan fingerprint density at radius 3 is 2.56 bits per heavy atom. The number of ether oxygens (including phenoxy) is 1. The summed E-state index contributed by atoms with van der Waals surface area (Å²) in [5.74, 6) is 1.67. The second-order valence-corrected chi connectivity index (χ2v) is 6.22. The minimum atomic E-state index is 0.603. The van der Waals surface area contributed by atoms with Crippen molar-refractivity contribution in [3.63, 3.8) is 0 Å². The van der Waals surface area contributed by atoms with E-state index >= 15 is 0 Å². The van der Waals surface area contributed by atoms with Crippen LogP contribution in [-0.4, -0.2) is 25.8 Å². The van der Waals surface area contributed by atoms with Crippen LogP contribution in [0.4, 0.5) is 0 Å². The van der Waals surface area contributed by atoms with Crippen molar-refractivity contribution in [1.82, 2.24) is 5.32 Å². The molecule has 1 atom stereocenters. The van der Waals surface area contributed by atoms with E-state index in [0.717, 1.165) is 31.6 Å². The first-order chi connectivity index (χ1) is 8.74. The van der Waals surface area contributed by atoms with Crippen molar-refractivity contribution in [2.24, 2.45) is 11.8 Å². The highest BCUT2D eigenvalue weighted by Crippen LogP contribution is 2.27. The number of rotatable bonds is 10. The van der Waals surface area contributed by atoms with Gasteiger partial charge in [0.1, 0.15) is 0 Å². The molecule has 0 amide bonds. The maximum absolute atomic E-state index is 5.89. The van der Waals surface area contributed by atoms with Crippen LogP contribution in [0.25, 0.3) is 0 Å². The fourth-order valence-electron chi connectivity index (χ4n) is 2.86. The van der Waals surface area contributed by atoms with Crippen LogP contribution >= 0.6 is 0 Å². The zero-order valence-corrected chi connectivity index (χ0v) is 12.7. The van der Waals surface area contributed by atoms with Crippen molar-refractivity contribution in [3.8, 4) is 0 Å². The highest BCUT2D eigenvalue weighted by molar-refractivity contribution is 4.80. The lowest BCUT2D eigenvalue weighted by Crippen LogP contribution is -2.39. The van der Waals surface area contributed by atoms with Gasteiger partial charge in [-0.15, -0.1) is 0 Å². The molecule has 0 aromatic carbocycles. The van der Waals surface area contributed by atoms with Crippen molar-refractivity contribution < 1.29 is 4.74 Å². The molecule has 1 rings (SSSR count). The topological polar surface area (TPSA) is 21.3 Å². The molecule has 0 radical (unpaired) electrons. The van der Waals surface area contributed by atoms with Gasteiger partial charge >= 0.3 is 0 Å². The molecule has 1 aliphatic rings. The summed E-state index contributed by atoms with van der Waals surface area (Å²) < 4.78 is 5.89.